The number of nitrogens with one attached hydrogen (secondary N) is 1. The van der Waals surface area contributed by atoms with E-state index in [4.69, 9.17) is 4.74 Å². The molecule has 2 amide bonds. The lowest BCUT2D eigenvalue weighted by molar-refractivity contribution is -0.132. The normalized spacial score (nSPS) is 18.1. The second kappa shape index (κ2) is 9.69. The van der Waals surface area contributed by atoms with E-state index in [1.165, 1.54) is 0 Å². The van der Waals surface area contributed by atoms with Crippen molar-refractivity contribution in [3.05, 3.63) is 29.6 Å². The topological polar surface area (TPSA) is 102 Å². The molecular weight excluding hydrogens is 479 g/mol. The molecule has 1 saturated heterocycles. The van der Waals surface area contributed by atoms with Gasteiger partial charge in [-0.2, -0.15) is 21.6 Å². The molecule has 1 heterocycles. The lowest BCUT2D eigenvalue weighted by Gasteiger charge is -2.26. The van der Waals surface area contributed by atoms with Gasteiger partial charge in [-0.05, 0) is 38.8 Å². The highest BCUT2D eigenvalue weighted by molar-refractivity contribution is 7.88. The second-order valence-electron chi connectivity index (χ2n) is 8.31. The van der Waals surface area contributed by atoms with Crippen LogP contribution in [-0.4, -0.2) is 61.7 Å². The molecule has 0 radical (unpaired) electrons. The molecular formula is C19H23F5N2O6S. The van der Waals surface area contributed by atoms with Crippen molar-refractivity contribution in [3.63, 3.8) is 0 Å². The van der Waals surface area contributed by atoms with Crippen LogP contribution in [0.5, 0.6) is 5.75 Å². The molecule has 0 aliphatic carbocycles. The van der Waals surface area contributed by atoms with Gasteiger partial charge in [-0.15, -0.1) is 0 Å². The first kappa shape index (κ1) is 26.6. The van der Waals surface area contributed by atoms with E-state index in [1.807, 2.05) is 0 Å². The van der Waals surface area contributed by atoms with Crippen LogP contribution in [-0.2, 0) is 26.1 Å². The fourth-order valence-electron chi connectivity index (χ4n) is 2.93. The van der Waals surface area contributed by atoms with Crippen molar-refractivity contribution in [1.82, 2.24) is 10.2 Å². The van der Waals surface area contributed by atoms with Crippen molar-refractivity contribution in [2.45, 2.75) is 56.9 Å². The molecule has 2 unspecified atom stereocenters. The lowest BCUT2D eigenvalue weighted by Crippen LogP contribution is -2.50. The van der Waals surface area contributed by atoms with Gasteiger partial charge in [-0.25, -0.2) is 13.6 Å². The summed E-state index contributed by atoms with van der Waals surface area (Å²) in [7, 11) is -6.00. The number of rotatable bonds is 6. The standard InChI is InChI=1S/C19H23F5N2O6S/c1-18(2,3)31-17(28)25-15(16(27)26-7-6-12(20)10-26)8-11-4-5-13(9-14(11)21)32-33(29,30)19(22,23)24/h4-5,9,12,15H,6-8,10H2,1-3H3,(H,25,28). The van der Waals surface area contributed by atoms with E-state index in [-0.39, 0.29) is 25.1 Å². The summed E-state index contributed by atoms with van der Waals surface area (Å²) in [5.74, 6) is -2.82. The fourth-order valence-corrected chi connectivity index (χ4v) is 3.38. The quantitative estimate of drug-likeness (QED) is 0.365. The number of hydrogen-bond donors (Lipinski definition) is 1. The zero-order chi connectivity index (χ0) is 25.2. The van der Waals surface area contributed by atoms with E-state index in [0.717, 1.165) is 17.0 Å². The molecule has 0 saturated carbocycles. The predicted octanol–water partition coefficient (Wildman–Crippen LogP) is 3.06. The van der Waals surface area contributed by atoms with Crippen LogP contribution in [0.1, 0.15) is 32.8 Å². The van der Waals surface area contributed by atoms with E-state index in [2.05, 4.69) is 9.50 Å². The Bertz CT molecular complexity index is 993. The Balaban J connectivity index is 2.24. The summed E-state index contributed by atoms with van der Waals surface area (Å²) in [6, 6.07) is 0.700. The Morgan fingerprint density at radius 2 is 1.88 bits per heavy atom. The van der Waals surface area contributed by atoms with Crippen molar-refractivity contribution in [3.8, 4) is 5.75 Å². The van der Waals surface area contributed by atoms with Gasteiger partial charge >= 0.3 is 21.7 Å². The van der Waals surface area contributed by atoms with Crippen LogP contribution >= 0.6 is 0 Å². The fraction of sp³-hybridized carbons (Fsp3) is 0.579. The number of hydrogen-bond acceptors (Lipinski definition) is 6. The number of alkyl carbamates (subject to hydrolysis) is 1. The van der Waals surface area contributed by atoms with Crippen LogP contribution in [0, 0.1) is 5.82 Å². The average molecular weight is 502 g/mol. The highest BCUT2D eigenvalue weighted by atomic mass is 32.2. The third-order valence-electron chi connectivity index (χ3n) is 4.37. The molecule has 2 rings (SSSR count). The molecule has 1 aliphatic heterocycles. The van der Waals surface area contributed by atoms with Crippen LogP contribution in [0.4, 0.5) is 26.7 Å². The maximum atomic E-state index is 14.5. The van der Waals surface area contributed by atoms with Crippen molar-refractivity contribution < 1.29 is 48.9 Å². The van der Waals surface area contributed by atoms with E-state index in [9.17, 15) is 40.0 Å². The summed E-state index contributed by atoms with van der Waals surface area (Å²) in [5, 5.41) is 2.30. The number of carbonyl (C=O) groups excluding carboxylic acids is 2. The number of benzene rings is 1. The summed E-state index contributed by atoms with van der Waals surface area (Å²) >= 11 is 0. The van der Waals surface area contributed by atoms with Crippen LogP contribution in [0.25, 0.3) is 0 Å². The maximum Gasteiger partial charge on any atom is 0.534 e. The van der Waals surface area contributed by atoms with Gasteiger partial charge in [0.25, 0.3) is 0 Å². The number of halogens is 5. The van der Waals surface area contributed by atoms with Gasteiger partial charge in [0, 0.05) is 19.0 Å². The zero-order valence-corrected chi connectivity index (χ0v) is 18.7. The third-order valence-corrected chi connectivity index (χ3v) is 5.35. The summed E-state index contributed by atoms with van der Waals surface area (Å²) in [6.45, 7) is 4.59. The van der Waals surface area contributed by atoms with Crippen LogP contribution in [0.3, 0.4) is 0 Å². The Morgan fingerprint density at radius 3 is 2.36 bits per heavy atom. The van der Waals surface area contributed by atoms with E-state index in [0.29, 0.717) is 6.07 Å². The second-order valence-corrected chi connectivity index (χ2v) is 9.85. The Morgan fingerprint density at radius 1 is 1.24 bits per heavy atom. The largest absolute Gasteiger partial charge is 0.534 e. The minimum absolute atomic E-state index is 0.0804. The molecule has 186 valence electrons. The molecule has 0 spiro atoms. The average Bonchev–Trinajstić information content (AvgIpc) is 3.06. The molecule has 1 aliphatic rings. The SMILES string of the molecule is CC(C)(C)OC(=O)NC(Cc1ccc(OS(=O)(=O)C(F)(F)F)cc1F)C(=O)N1CCC(F)C1. The molecule has 1 N–H and O–H groups in total. The summed E-state index contributed by atoms with van der Waals surface area (Å²) in [6.07, 6.45) is -2.61. The first-order valence-electron chi connectivity index (χ1n) is 9.70. The molecule has 1 aromatic carbocycles. The van der Waals surface area contributed by atoms with Crippen molar-refractivity contribution in [2.75, 3.05) is 13.1 Å². The molecule has 8 nitrogen and oxygen atoms in total. The molecule has 14 heteroatoms. The Kier molecular flexibility index (Phi) is 7.82. The van der Waals surface area contributed by atoms with Crippen molar-refractivity contribution in [2.24, 2.45) is 0 Å². The number of ether oxygens (including phenoxy) is 1. The van der Waals surface area contributed by atoms with Crippen LogP contribution in [0.2, 0.25) is 0 Å². The van der Waals surface area contributed by atoms with Crippen molar-refractivity contribution in [1.29, 1.82) is 0 Å². The third kappa shape index (κ3) is 7.44. The van der Waals surface area contributed by atoms with Gasteiger partial charge < -0.3 is 19.1 Å². The molecule has 2 atom stereocenters. The van der Waals surface area contributed by atoms with Crippen LogP contribution < -0.4 is 9.50 Å². The number of likely N-dealkylation sites (tertiary alicyclic amines) is 1. The predicted molar refractivity (Wildman–Crippen MR) is 105 cm³/mol. The first-order chi connectivity index (χ1) is 15.0. The molecule has 0 bridgehead atoms. The molecule has 1 fully saturated rings. The molecule has 1 aromatic rings. The summed E-state index contributed by atoms with van der Waals surface area (Å²) in [5.41, 5.74) is -6.86. The van der Waals surface area contributed by atoms with Gasteiger partial charge in [-0.1, -0.05) is 6.07 Å². The zero-order valence-electron chi connectivity index (χ0n) is 17.9. The van der Waals surface area contributed by atoms with Gasteiger partial charge in [0.2, 0.25) is 5.91 Å². The minimum atomic E-state index is -6.00. The minimum Gasteiger partial charge on any atom is -0.444 e. The molecule has 33 heavy (non-hydrogen) atoms. The smallest absolute Gasteiger partial charge is 0.444 e. The van der Waals surface area contributed by atoms with Crippen molar-refractivity contribution >= 4 is 22.1 Å². The number of carbonyl (C=O) groups is 2. The van der Waals surface area contributed by atoms with Gasteiger partial charge in [0.05, 0.1) is 6.54 Å². The lowest BCUT2D eigenvalue weighted by atomic mass is 10.0. The Hall–Kier alpha value is -2.64. The van der Waals surface area contributed by atoms with E-state index >= 15 is 0 Å². The number of amides is 2. The highest BCUT2D eigenvalue weighted by Crippen LogP contribution is 2.28. The number of alkyl halides is 4. The van der Waals surface area contributed by atoms with Gasteiger partial charge in [-0.3, -0.25) is 4.79 Å². The first-order valence-corrected chi connectivity index (χ1v) is 11.1. The maximum absolute atomic E-state index is 14.5. The van der Waals surface area contributed by atoms with E-state index < -0.39 is 63.4 Å². The Labute approximate surface area is 187 Å². The molecule has 0 aromatic heterocycles. The summed E-state index contributed by atoms with van der Waals surface area (Å²) < 4.78 is 96.5. The highest BCUT2D eigenvalue weighted by Gasteiger charge is 2.48. The van der Waals surface area contributed by atoms with Gasteiger partial charge in [0.1, 0.15) is 29.4 Å². The van der Waals surface area contributed by atoms with Crippen LogP contribution in [0.15, 0.2) is 18.2 Å². The van der Waals surface area contributed by atoms with Gasteiger partial charge in [0.15, 0.2) is 0 Å². The summed E-state index contributed by atoms with van der Waals surface area (Å²) in [4.78, 5) is 26.1. The monoisotopic (exact) mass is 502 g/mol. The van der Waals surface area contributed by atoms with E-state index in [1.54, 1.807) is 20.8 Å². The number of nitrogens with zero attached hydrogens (tertiary/aromatic N) is 1.